The van der Waals surface area contributed by atoms with Crippen molar-refractivity contribution in [2.24, 2.45) is 0 Å². The minimum atomic E-state index is 0.0279. The van der Waals surface area contributed by atoms with Gasteiger partial charge in [-0.25, -0.2) is 0 Å². The van der Waals surface area contributed by atoms with Gasteiger partial charge in [0, 0.05) is 36.8 Å². The molecule has 0 aliphatic rings. The highest BCUT2D eigenvalue weighted by atomic mass is 35.5. The first-order valence-electron chi connectivity index (χ1n) is 5.52. The van der Waals surface area contributed by atoms with E-state index in [0.717, 1.165) is 13.0 Å². The molecule has 0 radical (unpaired) electrons. The van der Waals surface area contributed by atoms with Crippen molar-refractivity contribution in [1.82, 2.24) is 9.88 Å². The molecule has 1 rings (SSSR count). The summed E-state index contributed by atoms with van der Waals surface area (Å²) in [7, 11) is 0. The quantitative estimate of drug-likeness (QED) is 0.773. The maximum absolute atomic E-state index is 11.4. The standard InChI is InChI=1S/C12H19ClN2O/c1-12(2,6-7-13)14-8-10-15-9-4-3-5-11(15)16/h3-5,9,14H,6-8,10H2,1-2H3. The summed E-state index contributed by atoms with van der Waals surface area (Å²) in [6.45, 7) is 5.69. The molecule has 1 heterocycles. The van der Waals surface area contributed by atoms with Crippen molar-refractivity contribution in [3.05, 3.63) is 34.7 Å². The minimum Gasteiger partial charge on any atom is -0.314 e. The Morgan fingerprint density at radius 1 is 1.44 bits per heavy atom. The van der Waals surface area contributed by atoms with Gasteiger partial charge in [-0.05, 0) is 26.3 Å². The van der Waals surface area contributed by atoms with Crippen LogP contribution in [-0.4, -0.2) is 22.5 Å². The lowest BCUT2D eigenvalue weighted by Gasteiger charge is -2.25. The Hall–Kier alpha value is -0.800. The maximum Gasteiger partial charge on any atom is 0.250 e. The van der Waals surface area contributed by atoms with E-state index in [2.05, 4.69) is 19.2 Å². The molecular weight excluding hydrogens is 224 g/mol. The first-order chi connectivity index (χ1) is 7.55. The van der Waals surface area contributed by atoms with Crippen LogP contribution in [-0.2, 0) is 6.54 Å². The van der Waals surface area contributed by atoms with E-state index in [1.54, 1.807) is 22.9 Å². The molecule has 0 fully saturated rings. The van der Waals surface area contributed by atoms with Gasteiger partial charge < -0.3 is 9.88 Å². The monoisotopic (exact) mass is 242 g/mol. The van der Waals surface area contributed by atoms with Crippen molar-refractivity contribution >= 4 is 11.6 Å². The molecule has 0 saturated heterocycles. The molecule has 4 heteroatoms. The van der Waals surface area contributed by atoms with Crippen molar-refractivity contribution < 1.29 is 0 Å². The third-order valence-electron chi connectivity index (χ3n) is 2.57. The van der Waals surface area contributed by atoms with E-state index in [9.17, 15) is 4.79 Å². The highest BCUT2D eigenvalue weighted by molar-refractivity contribution is 6.17. The van der Waals surface area contributed by atoms with Crippen molar-refractivity contribution in [1.29, 1.82) is 0 Å². The first-order valence-corrected chi connectivity index (χ1v) is 6.05. The summed E-state index contributed by atoms with van der Waals surface area (Å²) in [5.41, 5.74) is 0.0691. The number of halogens is 1. The Labute approximate surface area is 101 Å². The van der Waals surface area contributed by atoms with E-state index in [1.165, 1.54) is 0 Å². The van der Waals surface area contributed by atoms with Crippen LogP contribution in [0, 0.1) is 0 Å². The summed E-state index contributed by atoms with van der Waals surface area (Å²) in [5.74, 6) is 0.644. The summed E-state index contributed by atoms with van der Waals surface area (Å²) < 4.78 is 1.70. The molecule has 0 aliphatic heterocycles. The van der Waals surface area contributed by atoms with Crippen molar-refractivity contribution in [2.45, 2.75) is 32.4 Å². The lowest BCUT2D eigenvalue weighted by Crippen LogP contribution is -2.42. The number of alkyl halides is 1. The van der Waals surface area contributed by atoms with Crippen LogP contribution in [0.1, 0.15) is 20.3 Å². The predicted octanol–water partition coefficient (Wildman–Crippen LogP) is 1.85. The number of aromatic nitrogens is 1. The van der Waals surface area contributed by atoms with Crippen LogP contribution >= 0.6 is 11.6 Å². The Bertz CT molecular complexity index is 373. The molecule has 1 aromatic rings. The molecule has 90 valence electrons. The van der Waals surface area contributed by atoms with Gasteiger partial charge in [-0.1, -0.05) is 6.07 Å². The second-order valence-corrected chi connectivity index (χ2v) is 4.86. The molecule has 0 aromatic carbocycles. The highest BCUT2D eigenvalue weighted by Crippen LogP contribution is 2.08. The fourth-order valence-electron chi connectivity index (χ4n) is 1.48. The minimum absolute atomic E-state index is 0.0279. The fraction of sp³-hybridized carbons (Fsp3) is 0.583. The highest BCUT2D eigenvalue weighted by Gasteiger charge is 2.15. The van der Waals surface area contributed by atoms with Gasteiger partial charge in [-0.2, -0.15) is 0 Å². The topological polar surface area (TPSA) is 34.0 Å². The van der Waals surface area contributed by atoms with Crippen molar-refractivity contribution in [3.63, 3.8) is 0 Å². The largest absolute Gasteiger partial charge is 0.314 e. The molecule has 0 saturated carbocycles. The molecule has 1 N–H and O–H groups in total. The van der Waals surface area contributed by atoms with E-state index in [1.807, 2.05) is 6.07 Å². The van der Waals surface area contributed by atoms with Crippen molar-refractivity contribution in [3.8, 4) is 0 Å². The van der Waals surface area contributed by atoms with Crippen LogP contribution in [0.2, 0.25) is 0 Å². The van der Waals surface area contributed by atoms with Gasteiger partial charge in [0.2, 0.25) is 0 Å². The third kappa shape index (κ3) is 4.37. The predicted molar refractivity (Wildman–Crippen MR) is 68.1 cm³/mol. The Kier molecular flexibility index (Phi) is 5.03. The molecule has 0 spiro atoms. The zero-order chi connectivity index (χ0) is 12.0. The smallest absolute Gasteiger partial charge is 0.250 e. The van der Waals surface area contributed by atoms with Crippen LogP contribution in [0.4, 0.5) is 0 Å². The number of nitrogens with one attached hydrogen (secondary N) is 1. The van der Waals surface area contributed by atoms with Gasteiger partial charge in [-0.15, -0.1) is 11.6 Å². The SMILES string of the molecule is CC(C)(CCCl)NCCn1ccccc1=O. The second kappa shape index (κ2) is 6.06. The molecule has 0 bridgehead atoms. The molecular formula is C12H19ClN2O. The summed E-state index contributed by atoms with van der Waals surface area (Å²) in [6, 6.07) is 5.19. The first kappa shape index (κ1) is 13.3. The number of rotatable bonds is 6. The molecule has 0 unspecified atom stereocenters. The second-order valence-electron chi connectivity index (χ2n) is 4.48. The summed E-state index contributed by atoms with van der Waals surface area (Å²) in [5, 5.41) is 3.39. The van der Waals surface area contributed by atoms with Gasteiger partial charge in [0.1, 0.15) is 0 Å². The summed E-state index contributed by atoms with van der Waals surface area (Å²) in [6.07, 6.45) is 2.72. The number of hydrogen-bond acceptors (Lipinski definition) is 2. The fourth-order valence-corrected chi connectivity index (χ4v) is 1.96. The Morgan fingerprint density at radius 2 is 2.19 bits per heavy atom. The van der Waals surface area contributed by atoms with Gasteiger partial charge in [0.15, 0.2) is 0 Å². The van der Waals surface area contributed by atoms with E-state index < -0.39 is 0 Å². The zero-order valence-electron chi connectivity index (χ0n) is 9.87. The van der Waals surface area contributed by atoms with Gasteiger partial charge in [0.25, 0.3) is 5.56 Å². The number of pyridine rings is 1. The van der Waals surface area contributed by atoms with Gasteiger partial charge >= 0.3 is 0 Å². The number of hydrogen-bond donors (Lipinski definition) is 1. The molecule has 3 nitrogen and oxygen atoms in total. The van der Waals surface area contributed by atoms with E-state index in [-0.39, 0.29) is 11.1 Å². The van der Waals surface area contributed by atoms with Gasteiger partial charge in [0.05, 0.1) is 0 Å². The van der Waals surface area contributed by atoms with E-state index in [0.29, 0.717) is 12.4 Å². The zero-order valence-corrected chi connectivity index (χ0v) is 10.6. The molecule has 1 aromatic heterocycles. The molecule has 16 heavy (non-hydrogen) atoms. The lowest BCUT2D eigenvalue weighted by molar-refractivity contribution is 0.368. The Morgan fingerprint density at radius 3 is 2.81 bits per heavy atom. The van der Waals surface area contributed by atoms with Crippen molar-refractivity contribution in [2.75, 3.05) is 12.4 Å². The average molecular weight is 243 g/mol. The van der Waals surface area contributed by atoms with E-state index in [4.69, 9.17) is 11.6 Å². The normalized spacial score (nSPS) is 11.7. The number of nitrogens with zero attached hydrogens (tertiary/aromatic N) is 1. The van der Waals surface area contributed by atoms with Crippen LogP contribution in [0.5, 0.6) is 0 Å². The van der Waals surface area contributed by atoms with Crippen LogP contribution in [0.25, 0.3) is 0 Å². The van der Waals surface area contributed by atoms with Gasteiger partial charge in [-0.3, -0.25) is 4.79 Å². The average Bonchev–Trinajstić information content (AvgIpc) is 2.20. The Balaban J connectivity index is 2.42. The van der Waals surface area contributed by atoms with Crippen LogP contribution < -0.4 is 10.9 Å². The molecule has 0 atom stereocenters. The third-order valence-corrected chi connectivity index (χ3v) is 2.76. The molecule has 0 aliphatic carbocycles. The van der Waals surface area contributed by atoms with Crippen LogP contribution in [0.3, 0.4) is 0 Å². The lowest BCUT2D eigenvalue weighted by atomic mass is 10.0. The summed E-state index contributed by atoms with van der Waals surface area (Å²) >= 11 is 5.71. The van der Waals surface area contributed by atoms with Crippen LogP contribution in [0.15, 0.2) is 29.2 Å². The maximum atomic E-state index is 11.4. The summed E-state index contributed by atoms with van der Waals surface area (Å²) in [4.78, 5) is 11.4. The van der Waals surface area contributed by atoms with E-state index >= 15 is 0 Å². The molecule has 0 amide bonds.